The molecule has 0 bridgehead atoms. The van der Waals surface area contributed by atoms with Gasteiger partial charge in [-0.25, -0.2) is 0 Å². The van der Waals surface area contributed by atoms with E-state index in [1.165, 1.54) is 13.0 Å². The van der Waals surface area contributed by atoms with Gasteiger partial charge >= 0.3 is 0 Å². The predicted octanol–water partition coefficient (Wildman–Crippen LogP) is 0.852. The average Bonchev–Trinajstić information content (AvgIpc) is 1.65. The van der Waals surface area contributed by atoms with Gasteiger partial charge in [0.2, 0.25) is 0 Å². The first-order chi connectivity index (χ1) is 4.00. The van der Waals surface area contributed by atoms with Crippen molar-refractivity contribution in [3.05, 3.63) is 12.7 Å². The number of carbonyl (C=O) groups is 2. The van der Waals surface area contributed by atoms with Crippen molar-refractivity contribution in [3.8, 4) is 0 Å². The predicted molar refractivity (Wildman–Crippen MR) is 34.2 cm³/mol. The zero-order valence-corrected chi connectivity index (χ0v) is 5.55. The van der Waals surface area contributed by atoms with Crippen molar-refractivity contribution in [2.75, 3.05) is 0 Å². The Kier molecular flexibility index (Phi) is 8.25. The van der Waals surface area contributed by atoms with Crippen LogP contribution in [0.3, 0.4) is 0 Å². The maximum atomic E-state index is 9.69. The van der Waals surface area contributed by atoms with Crippen LogP contribution in [0.4, 0.5) is 0 Å². The molecule has 0 rings (SSSR count). The van der Waals surface area contributed by atoms with E-state index in [1.54, 1.807) is 0 Å². The summed E-state index contributed by atoms with van der Waals surface area (Å²) in [6.07, 6.45) is 1.28. The second kappa shape index (κ2) is 6.88. The molecule has 0 aromatic heterocycles. The summed E-state index contributed by atoms with van der Waals surface area (Å²) < 4.78 is 0. The largest absolute Gasteiger partial charge is 0.481 e. The van der Waals surface area contributed by atoms with E-state index in [0.29, 0.717) is 0 Å². The van der Waals surface area contributed by atoms with Crippen LogP contribution < -0.4 is 0 Å². The number of carboxylic acids is 1. The lowest BCUT2D eigenvalue weighted by atomic mass is 10.5. The summed E-state index contributed by atoms with van der Waals surface area (Å²) in [7, 11) is 0. The zero-order chi connectivity index (χ0) is 7.86. The molecule has 0 amide bonds. The maximum Gasteiger partial charge on any atom is 0.300 e. The Morgan fingerprint density at radius 3 is 1.56 bits per heavy atom. The number of rotatable bonds is 1. The van der Waals surface area contributed by atoms with Gasteiger partial charge in [0.05, 0.1) is 0 Å². The molecule has 0 spiro atoms. The second-order valence-corrected chi connectivity index (χ2v) is 1.33. The van der Waals surface area contributed by atoms with Crippen molar-refractivity contribution >= 4 is 11.8 Å². The van der Waals surface area contributed by atoms with Gasteiger partial charge in [0.25, 0.3) is 5.97 Å². The first kappa shape index (κ1) is 10.8. The Bertz CT molecular complexity index is 111. The topological polar surface area (TPSA) is 54.4 Å². The highest BCUT2D eigenvalue weighted by Crippen LogP contribution is 1.60. The van der Waals surface area contributed by atoms with Crippen LogP contribution in [0, 0.1) is 0 Å². The molecule has 1 N–H and O–H groups in total. The van der Waals surface area contributed by atoms with Gasteiger partial charge in [-0.15, -0.1) is 0 Å². The van der Waals surface area contributed by atoms with Crippen LogP contribution in [-0.2, 0) is 9.59 Å². The fourth-order valence-electron chi connectivity index (χ4n) is 0. The quantitative estimate of drug-likeness (QED) is 0.535. The van der Waals surface area contributed by atoms with E-state index >= 15 is 0 Å². The molecule has 9 heavy (non-hydrogen) atoms. The van der Waals surface area contributed by atoms with Crippen molar-refractivity contribution in [3.63, 3.8) is 0 Å². The molecule has 0 radical (unpaired) electrons. The molecule has 0 saturated carbocycles. The minimum Gasteiger partial charge on any atom is -0.481 e. The van der Waals surface area contributed by atoms with Crippen LogP contribution in [0.15, 0.2) is 12.7 Å². The van der Waals surface area contributed by atoms with Gasteiger partial charge in [-0.1, -0.05) is 6.58 Å². The number of aliphatic carboxylic acids is 1. The molecule has 0 aromatic rings. The Balaban J connectivity index is 0. The van der Waals surface area contributed by atoms with Crippen LogP contribution in [-0.4, -0.2) is 16.9 Å². The molecule has 0 heterocycles. The van der Waals surface area contributed by atoms with Crippen molar-refractivity contribution in [1.29, 1.82) is 0 Å². The normalized spacial score (nSPS) is 6.44. The highest BCUT2D eigenvalue weighted by Gasteiger charge is 1.69. The van der Waals surface area contributed by atoms with Crippen LogP contribution in [0.5, 0.6) is 0 Å². The number of ketones is 1. The molecule has 3 nitrogen and oxygen atoms in total. The summed E-state index contributed by atoms with van der Waals surface area (Å²) >= 11 is 0. The van der Waals surface area contributed by atoms with E-state index < -0.39 is 5.97 Å². The van der Waals surface area contributed by atoms with Crippen molar-refractivity contribution in [2.24, 2.45) is 0 Å². The lowest BCUT2D eigenvalue weighted by molar-refractivity contribution is -0.134. The van der Waals surface area contributed by atoms with Crippen LogP contribution in [0.25, 0.3) is 0 Å². The molecular formula is C6H10O3. The zero-order valence-electron chi connectivity index (χ0n) is 5.55. The Morgan fingerprint density at radius 2 is 1.56 bits per heavy atom. The third kappa shape index (κ3) is 212. The van der Waals surface area contributed by atoms with Gasteiger partial charge in [0.15, 0.2) is 5.78 Å². The van der Waals surface area contributed by atoms with Crippen molar-refractivity contribution in [1.82, 2.24) is 0 Å². The lowest BCUT2D eigenvalue weighted by Gasteiger charge is -1.62. The molecule has 0 aliphatic rings. The smallest absolute Gasteiger partial charge is 0.300 e. The van der Waals surface area contributed by atoms with E-state index in [-0.39, 0.29) is 5.78 Å². The molecule has 0 aliphatic heterocycles. The third-order valence-corrected chi connectivity index (χ3v) is 0.287. The first-order valence-corrected chi connectivity index (χ1v) is 2.33. The number of allylic oxidation sites excluding steroid dienone is 1. The van der Waals surface area contributed by atoms with Crippen LogP contribution >= 0.6 is 0 Å². The number of carboxylic acid groups (broad SMARTS) is 1. The van der Waals surface area contributed by atoms with E-state index in [4.69, 9.17) is 9.90 Å². The summed E-state index contributed by atoms with van der Waals surface area (Å²) in [5.74, 6) is -0.815. The average molecular weight is 130 g/mol. The van der Waals surface area contributed by atoms with Crippen LogP contribution in [0.1, 0.15) is 13.8 Å². The van der Waals surface area contributed by atoms with Gasteiger partial charge in [-0.2, -0.15) is 0 Å². The highest BCUT2D eigenvalue weighted by atomic mass is 16.4. The molecule has 0 aliphatic carbocycles. The van der Waals surface area contributed by atoms with Crippen molar-refractivity contribution < 1.29 is 14.7 Å². The van der Waals surface area contributed by atoms with Gasteiger partial charge in [-0.05, 0) is 13.0 Å². The SMILES string of the molecule is C=CC(C)=O.CC(=O)O. The summed E-state index contributed by atoms with van der Waals surface area (Å²) in [6.45, 7) is 5.76. The first-order valence-electron chi connectivity index (χ1n) is 2.33. The fraction of sp³-hybridized carbons (Fsp3) is 0.333. The molecular weight excluding hydrogens is 120 g/mol. The molecule has 3 heteroatoms. The van der Waals surface area contributed by atoms with Crippen molar-refractivity contribution in [2.45, 2.75) is 13.8 Å². The van der Waals surface area contributed by atoms with Gasteiger partial charge < -0.3 is 5.11 Å². The summed E-state index contributed by atoms with van der Waals surface area (Å²) in [5.41, 5.74) is 0. The van der Waals surface area contributed by atoms with Gasteiger partial charge in [-0.3, -0.25) is 9.59 Å². The van der Waals surface area contributed by atoms with E-state index in [9.17, 15) is 4.79 Å². The molecule has 0 saturated heterocycles. The fourth-order valence-corrected chi connectivity index (χ4v) is 0. The summed E-state index contributed by atoms with van der Waals surface area (Å²) in [5, 5.41) is 7.42. The molecule has 0 unspecified atom stereocenters. The second-order valence-electron chi connectivity index (χ2n) is 1.33. The van der Waals surface area contributed by atoms with Gasteiger partial charge in [0, 0.05) is 6.92 Å². The number of hydrogen-bond acceptors (Lipinski definition) is 2. The highest BCUT2D eigenvalue weighted by molar-refractivity contribution is 5.86. The Labute approximate surface area is 54.0 Å². The van der Waals surface area contributed by atoms with E-state index in [1.807, 2.05) is 0 Å². The Hall–Kier alpha value is -1.12. The van der Waals surface area contributed by atoms with Crippen LogP contribution in [0.2, 0.25) is 0 Å². The Morgan fingerprint density at radius 1 is 1.44 bits per heavy atom. The van der Waals surface area contributed by atoms with E-state index in [2.05, 4.69) is 6.58 Å². The molecule has 52 valence electrons. The molecule has 0 fully saturated rings. The monoisotopic (exact) mass is 130 g/mol. The summed E-state index contributed by atoms with van der Waals surface area (Å²) in [6, 6.07) is 0. The standard InChI is InChI=1S/C4H6O.C2H4O2/c1-3-4(2)5;1-2(3)4/h3H,1H2,2H3;1H3,(H,3,4). The number of carbonyl (C=O) groups excluding carboxylic acids is 1. The summed E-state index contributed by atoms with van der Waals surface area (Å²) in [4.78, 5) is 18.7. The number of hydrogen-bond donors (Lipinski definition) is 1. The van der Waals surface area contributed by atoms with Gasteiger partial charge in [0.1, 0.15) is 0 Å². The minimum atomic E-state index is -0.833. The van der Waals surface area contributed by atoms with E-state index in [0.717, 1.165) is 6.92 Å². The maximum absolute atomic E-state index is 9.69. The third-order valence-electron chi connectivity index (χ3n) is 0.287. The minimum absolute atomic E-state index is 0.0185. The molecule has 0 aromatic carbocycles. The molecule has 0 atom stereocenters. The lowest BCUT2D eigenvalue weighted by Crippen LogP contribution is -1.78.